The maximum Gasteiger partial charge on any atom is 0.343 e. The van der Waals surface area contributed by atoms with Gasteiger partial charge in [0.25, 0.3) is 0 Å². The molecule has 0 aliphatic rings. The summed E-state index contributed by atoms with van der Waals surface area (Å²) >= 11 is 0. The average Bonchev–Trinajstić information content (AvgIpc) is 1.59. The van der Waals surface area contributed by atoms with E-state index in [4.69, 9.17) is 41.7 Å². The van der Waals surface area contributed by atoms with E-state index >= 15 is 0 Å². The second kappa shape index (κ2) is 21.9. The lowest BCUT2D eigenvalue weighted by atomic mass is 10.0. The quantitative estimate of drug-likeness (QED) is 0.0826. The fourth-order valence-corrected chi connectivity index (χ4v) is 10.1. The van der Waals surface area contributed by atoms with Crippen LogP contribution in [-0.4, -0.2) is 35.8 Å². The van der Waals surface area contributed by atoms with Gasteiger partial charge in [-0.25, -0.2) is 28.8 Å². The minimum absolute atomic E-state index is 0.116. The Morgan fingerprint density at radius 3 is 0.575 bits per heavy atom. The molecule has 0 N–H and O–H groups in total. The van der Waals surface area contributed by atoms with E-state index < -0.39 is 35.8 Å². The maximum absolute atomic E-state index is 14.1. The number of hydrogen-bond acceptors (Lipinski definition) is 15. The van der Waals surface area contributed by atoms with Crippen LogP contribution >= 0.6 is 0 Å². The molecule has 15 heteroatoms. The standard InChI is InChI=1S/C72H48O15/c1-37-7-19-43(20-8-37)67(73)82-55-31-49-52(34-58(55)85-70(76)46-25-13-40(4)14-26-46)79-64-61(49)65-63(50-32-56(83-68(74)44-21-9-38(2)10-22-44)59(35-53(50)80-65)86-71(77)47-27-15-41(5)16-28-47)66-62(64)51-33-57(84-69(75)45-23-11-39(3)12-24-45)60(36-54(51)81-66)87-72(78)48-29-17-42(6)18-30-48/h7-36H,1-6H3. The van der Waals surface area contributed by atoms with Crippen molar-refractivity contribution < 1.29 is 70.4 Å². The number of fused-ring (bicyclic) bond motifs is 12. The lowest BCUT2D eigenvalue weighted by Gasteiger charge is -2.11. The summed E-state index contributed by atoms with van der Waals surface area (Å²) in [5.74, 6) is -5.60. The largest absolute Gasteiger partial charge is 0.455 e. The van der Waals surface area contributed by atoms with Gasteiger partial charge in [0.05, 0.1) is 49.5 Å². The van der Waals surface area contributed by atoms with Crippen molar-refractivity contribution in [2.24, 2.45) is 0 Å². The fraction of sp³-hybridized carbons (Fsp3) is 0.0833. The zero-order chi connectivity index (χ0) is 60.4. The molecule has 0 atom stereocenters. The average molecular weight is 1150 g/mol. The van der Waals surface area contributed by atoms with Crippen molar-refractivity contribution in [3.8, 4) is 34.5 Å². The number of hydrogen-bond donors (Lipinski definition) is 0. The maximum atomic E-state index is 14.1. The van der Waals surface area contributed by atoms with Crippen LogP contribution < -0.4 is 28.4 Å². The number of carbonyl (C=O) groups excluding carboxylic acids is 6. The van der Waals surface area contributed by atoms with Crippen LogP contribution in [0, 0.1) is 41.5 Å². The molecule has 0 saturated heterocycles. The molecule has 0 aliphatic carbocycles. The normalized spacial score (nSPS) is 11.4. The van der Waals surface area contributed by atoms with E-state index in [2.05, 4.69) is 0 Å². The highest BCUT2D eigenvalue weighted by molar-refractivity contribution is 6.36. The number of aryl methyl sites for hydroxylation is 6. The molecule has 0 unspecified atom stereocenters. The predicted octanol–water partition coefficient (Wildman–Crippen LogP) is 16.6. The molecule has 3 heterocycles. The molecule has 13 aromatic rings. The second-order valence-corrected chi connectivity index (χ2v) is 21.3. The van der Waals surface area contributed by atoms with E-state index in [0.717, 1.165) is 33.4 Å². The van der Waals surface area contributed by atoms with Gasteiger partial charge in [-0.15, -0.1) is 0 Å². The van der Waals surface area contributed by atoms with Gasteiger partial charge in [0.1, 0.15) is 16.7 Å². The number of benzene rings is 10. The minimum Gasteiger partial charge on any atom is -0.455 e. The van der Waals surface area contributed by atoms with Crippen molar-refractivity contribution in [3.63, 3.8) is 0 Å². The molecule has 0 fully saturated rings. The molecule has 15 nitrogen and oxygen atoms in total. The van der Waals surface area contributed by atoms with Crippen molar-refractivity contribution >= 4 is 102 Å². The van der Waals surface area contributed by atoms with Crippen molar-refractivity contribution in [3.05, 3.63) is 249 Å². The monoisotopic (exact) mass is 1150 g/mol. The van der Waals surface area contributed by atoms with E-state index in [1.807, 2.05) is 41.5 Å². The molecule has 0 bridgehead atoms. The topological polar surface area (TPSA) is 197 Å². The van der Waals surface area contributed by atoms with Crippen LogP contribution in [0.3, 0.4) is 0 Å². The third kappa shape index (κ3) is 10.5. The van der Waals surface area contributed by atoms with Crippen LogP contribution in [-0.2, 0) is 0 Å². The highest BCUT2D eigenvalue weighted by Gasteiger charge is 2.31. The number of esters is 6. The van der Waals surface area contributed by atoms with Crippen LogP contribution in [0.25, 0.3) is 65.8 Å². The SMILES string of the molecule is Cc1ccc(C(=O)Oc2cc3oc4c(c3cc2OC(=O)c2ccc(C)cc2)c2oc3cc(OC(=O)c5ccc(C)cc5)c(OC(=O)c5ccc(C)cc5)cc3c2c2oc3cc(OC(=O)c5ccc(C)cc5)c(OC(=O)c5ccc(C)cc5)cc3c42)cc1. The molecule has 0 amide bonds. The van der Waals surface area contributed by atoms with Gasteiger partial charge < -0.3 is 41.7 Å². The number of carbonyl (C=O) groups is 6. The fourth-order valence-electron chi connectivity index (χ4n) is 10.1. The summed E-state index contributed by atoms with van der Waals surface area (Å²) < 4.78 is 57.3. The van der Waals surface area contributed by atoms with Gasteiger partial charge in [-0.1, -0.05) is 106 Å². The molecule has 0 radical (unpaired) electrons. The molecular formula is C72H48O15. The first-order valence-electron chi connectivity index (χ1n) is 27.5. The van der Waals surface area contributed by atoms with E-state index in [9.17, 15) is 28.8 Å². The Hall–Kier alpha value is -11.6. The first-order valence-corrected chi connectivity index (χ1v) is 27.5. The molecule has 426 valence electrons. The number of furan rings is 3. The lowest BCUT2D eigenvalue weighted by Crippen LogP contribution is -2.12. The Labute approximate surface area is 494 Å². The molecule has 10 aromatic carbocycles. The molecule has 0 saturated carbocycles. The summed E-state index contributed by atoms with van der Waals surface area (Å²) in [6, 6.07) is 49.2. The number of ether oxygens (including phenoxy) is 6. The molecular weight excluding hydrogens is 1100 g/mol. The smallest absolute Gasteiger partial charge is 0.343 e. The van der Waals surface area contributed by atoms with Crippen LogP contribution in [0.4, 0.5) is 0 Å². The Morgan fingerprint density at radius 1 is 0.241 bits per heavy atom. The number of rotatable bonds is 12. The van der Waals surface area contributed by atoms with E-state index in [0.29, 0.717) is 16.2 Å². The van der Waals surface area contributed by atoms with Gasteiger partial charge >= 0.3 is 35.8 Å². The van der Waals surface area contributed by atoms with Crippen LogP contribution in [0.15, 0.2) is 195 Å². The second-order valence-electron chi connectivity index (χ2n) is 21.3. The summed E-state index contributed by atoms with van der Waals surface area (Å²) in [4.78, 5) is 84.2. The zero-order valence-electron chi connectivity index (χ0n) is 47.4. The highest BCUT2D eigenvalue weighted by Crippen LogP contribution is 2.52. The molecule has 0 spiro atoms. The molecule has 3 aromatic heterocycles. The van der Waals surface area contributed by atoms with E-state index in [-0.39, 0.29) is 118 Å². The Morgan fingerprint density at radius 2 is 0.402 bits per heavy atom. The van der Waals surface area contributed by atoms with Gasteiger partial charge in [0.2, 0.25) is 0 Å². The van der Waals surface area contributed by atoms with Gasteiger partial charge in [0.15, 0.2) is 51.2 Å². The summed E-state index contributed by atoms with van der Waals surface area (Å²) in [6.07, 6.45) is 0. The Bertz CT molecular complexity index is 4450. The third-order valence-corrected chi connectivity index (χ3v) is 14.9. The van der Waals surface area contributed by atoms with Crippen molar-refractivity contribution in [1.82, 2.24) is 0 Å². The zero-order valence-corrected chi connectivity index (χ0v) is 47.4. The van der Waals surface area contributed by atoms with E-state index in [1.54, 1.807) is 146 Å². The first-order chi connectivity index (χ1) is 42.0. The Kier molecular flexibility index (Phi) is 13.7. The predicted molar refractivity (Wildman–Crippen MR) is 325 cm³/mol. The van der Waals surface area contributed by atoms with Crippen molar-refractivity contribution in [2.45, 2.75) is 41.5 Å². The van der Waals surface area contributed by atoms with Crippen LogP contribution in [0.5, 0.6) is 34.5 Å². The van der Waals surface area contributed by atoms with Gasteiger partial charge in [-0.05, 0) is 133 Å². The van der Waals surface area contributed by atoms with E-state index in [1.165, 1.54) is 36.4 Å². The molecule has 0 aliphatic heterocycles. The first kappa shape index (κ1) is 54.7. The van der Waals surface area contributed by atoms with Gasteiger partial charge in [-0.2, -0.15) is 0 Å². The van der Waals surface area contributed by atoms with Gasteiger partial charge in [-0.3, -0.25) is 0 Å². The summed E-state index contributed by atoms with van der Waals surface area (Å²) in [5.41, 5.74) is 7.44. The molecule has 13 rings (SSSR count). The lowest BCUT2D eigenvalue weighted by molar-refractivity contribution is 0.0682. The minimum atomic E-state index is -0.765. The summed E-state index contributed by atoms with van der Waals surface area (Å²) in [7, 11) is 0. The summed E-state index contributed by atoms with van der Waals surface area (Å²) in [5, 5.41) is 1.70. The Balaban J connectivity index is 1.09. The van der Waals surface area contributed by atoms with Crippen LogP contribution in [0.1, 0.15) is 95.5 Å². The van der Waals surface area contributed by atoms with Crippen molar-refractivity contribution in [2.75, 3.05) is 0 Å². The molecule has 87 heavy (non-hydrogen) atoms. The highest BCUT2D eigenvalue weighted by atomic mass is 16.6. The van der Waals surface area contributed by atoms with Crippen LogP contribution in [0.2, 0.25) is 0 Å². The van der Waals surface area contributed by atoms with Gasteiger partial charge in [0, 0.05) is 34.4 Å². The van der Waals surface area contributed by atoms with Crippen molar-refractivity contribution in [1.29, 1.82) is 0 Å². The summed E-state index contributed by atoms with van der Waals surface area (Å²) in [6.45, 7) is 11.3. The third-order valence-electron chi connectivity index (χ3n) is 14.9.